The van der Waals surface area contributed by atoms with Crippen molar-refractivity contribution in [3.8, 4) is 17.2 Å². The van der Waals surface area contributed by atoms with Crippen LogP contribution in [0.4, 0.5) is 0 Å². The summed E-state index contributed by atoms with van der Waals surface area (Å²) in [6, 6.07) is 10.0. The van der Waals surface area contributed by atoms with Gasteiger partial charge >= 0.3 is 0 Å². The van der Waals surface area contributed by atoms with Gasteiger partial charge in [0.25, 0.3) is 0 Å². The summed E-state index contributed by atoms with van der Waals surface area (Å²) in [5, 5.41) is 2.98. The molecule has 152 valence electrons. The van der Waals surface area contributed by atoms with Crippen LogP contribution in [0.25, 0.3) is 0 Å². The number of carbonyl (C=O) groups is 1. The van der Waals surface area contributed by atoms with Crippen molar-refractivity contribution < 1.29 is 19.0 Å². The summed E-state index contributed by atoms with van der Waals surface area (Å²) < 4.78 is 16.5. The maximum Gasteiger partial charge on any atom is 0.220 e. The molecule has 0 aliphatic heterocycles. The topological polar surface area (TPSA) is 56.8 Å². The molecular weight excluding hydrogens is 354 g/mol. The molecule has 0 atom stereocenters. The van der Waals surface area contributed by atoms with Crippen molar-refractivity contribution in [1.29, 1.82) is 0 Å². The third kappa shape index (κ3) is 5.91. The molecule has 28 heavy (non-hydrogen) atoms. The molecule has 0 saturated heterocycles. The molecule has 0 aliphatic rings. The Bertz CT molecular complexity index is 781. The van der Waals surface area contributed by atoms with Gasteiger partial charge in [0.15, 0.2) is 11.5 Å². The Morgan fingerprint density at radius 3 is 2.25 bits per heavy atom. The number of methoxy groups -OCH3 is 2. The van der Waals surface area contributed by atoms with Crippen molar-refractivity contribution in [3.63, 3.8) is 0 Å². The molecule has 0 unspecified atom stereocenters. The average Bonchev–Trinajstić information content (AvgIpc) is 2.67. The molecular formula is C23H31NO4. The molecule has 0 saturated carbocycles. The fourth-order valence-corrected chi connectivity index (χ4v) is 3.15. The minimum atomic E-state index is 0.0447. The van der Waals surface area contributed by atoms with Gasteiger partial charge in [-0.05, 0) is 68.0 Å². The van der Waals surface area contributed by atoms with Crippen molar-refractivity contribution >= 4 is 5.91 Å². The molecule has 0 aromatic heterocycles. The first-order valence-electron chi connectivity index (χ1n) is 9.63. The third-order valence-corrected chi connectivity index (χ3v) is 4.76. The van der Waals surface area contributed by atoms with Crippen LogP contribution in [0.5, 0.6) is 17.2 Å². The van der Waals surface area contributed by atoms with Crippen LogP contribution >= 0.6 is 0 Å². The highest BCUT2D eigenvalue weighted by molar-refractivity contribution is 5.75. The molecule has 0 radical (unpaired) electrons. The predicted octanol–water partition coefficient (Wildman–Crippen LogP) is 4.15. The summed E-state index contributed by atoms with van der Waals surface area (Å²) in [6.07, 6.45) is 1.89. The number of benzene rings is 2. The van der Waals surface area contributed by atoms with Crippen molar-refractivity contribution in [2.75, 3.05) is 27.4 Å². The number of nitrogens with one attached hydrogen (secondary N) is 1. The first-order chi connectivity index (χ1) is 13.5. The van der Waals surface area contributed by atoms with E-state index >= 15 is 0 Å². The second kappa shape index (κ2) is 10.6. The van der Waals surface area contributed by atoms with Gasteiger partial charge in [0.2, 0.25) is 5.91 Å². The second-order valence-electron chi connectivity index (χ2n) is 6.91. The molecule has 0 bridgehead atoms. The van der Waals surface area contributed by atoms with Gasteiger partial charge in [0, 0.05) is 13.0 Å². The summed E-state index contributed by atoms with van der Waals surface area (Å²) in [5.74, 6) is 2.39. The van der Waals surface area contributed by atoms with Crippen molar-refractivity contribution in [3.05, 3.63) is 52.6 Å². The summed E-state index contributed by atoms with van der Waals surface area (Å²) in [7, 11) is 3.25. The van der Waals surface area contributed by atoms with Crippen LogP contribution < -0.4 is 19.5 Å². The molecule has 0 heterocycles. The zero-order chi connectivity index (χ0) is 20.5. The van der Waals surface area contributed by atoms with Gasteiger partial charge in [-0.15, -0.1) is 0 Å². The molecule has 1 N–H and O–H groups in total. The van der Waals surface area contributed by atoms with Crippen LogP contribution in [-0.4, -0.2) is 33.3 Å². The fourth-order valence-electron chi connectivity index (χ4n) is 3.15. The lowest BCUT2D eigenvalue weighted by Gasteiger charge is -2.13. The highest BCUT2D eigenvalue weighted by Crippen LogP contribution is 2.30. The van der Waals surface area contributed by atoms with Crippen molar-refractivity contribution in [2.24, 2.45) is 0 Å². The van der Waals surface area contributed by atoms with Gasteiger partial charge in [-0.25, -0.2) is 0 Å². The number of amides is 1. The number of hydrogen-bond acceptors (Lipinski definition) is 4. The molecule has 0 spiro atoms. The first kappa shape index (κ1) is 21.6. The Morgan fingerprint density at radius 1 is 0.964 bits per heavy atom. The van der Waals surface area contributed by atoms with E-state index in [0.717, 1.165) is 40.2 Å². The molecule has 2 aromatic rings. The summed E-state index contributed by atoms with van der Waals surface area (Å²) in [5.41, 5.74) is 4.50. The third-order valence-electron chi connectivity index (χ3n) is 4.76. The molecule has 0 fully saturated rings. The second-order valence-corrected chi connectivity index (χ2v) is 6.91. The lowest BCUT2D eigenvalue weighted by molar-refractivity contribution is -0.121. The predicted molar refractivity (Wildman–Crippen MR) is 112 cm³/mol. The van der Waals surface area contributed by atoms with E-state index in [1.54, 1.807) is 14.2 Å². The van der Waals surface area contributed by atoms with Crippen LogP contribution in [-0.2, 0) is 11.2 Å². The lowest BCUT2D eigenvalue weighted by Crippen LogP contribution is -2.26. The van der Waals surface area contributed by atoms with Crippen LogP contribution in [0.1, 0.15) is 35.1 Å². The zero-order valence-corrected chi connectivity index (χ0v) is 17.6. The number of para-hydroxylation sites is 1. The fraction of sp³-hybridized carbons (Fsp3) is 0.435. The van der Waals surface area contributed by atoms with E-state index in [-0.39, 0.29) is 5.91 Å². The smallest absolute Gasteiger partial charge is 0.220 e. The van der Waals surface area contributed by atoms with Gasteiger partial charge < -0.3 is 19.5 Å². The largest absolute Gasteiger partial charge is 0.493 e. The normalized spacial score (nSPS) is 10.5. The molecule has 2 aromatic carbocycles. The zero-order valence-electron chi connectivity index (χ0n) is 17.6. The van der Waals surface area contributed by atoms with E-state index in [1.807, 2.05) is 51.1 Å². The van der Waals surface area contributed by atoms with Gasteiger partial charge in [0.1, 0.15) is 5.75 Å². The molecule has 2 rings (SSSR count). The first-order valence-corrected chi connectivity index (χ1v) is 9.63. The Balaban J connectivity index is 1.73. The summed E-state index contributed by atoms with van der Waals surface area (Å²) in [6.45, 7) is 7.22. The summed E-state index contributed by atoms with van der Waals surface area (Å²) >= 11 is 0. The number of ether oxygens (including phenoxy) is 3. The number of aryl methyl sites for hydroxylation is 3. The SMILES string of the molecule is COc1cc(C)c(CCNC(=O)CCCOc2c(C)cccc2C)cc1OC. The van der Waals surface area contributed by atoms with E-state index in [1.165, 1.54) is 0 Å². The Morgan fingerprint density at radius 2 is 1.61 bits per heavy atom. The highest BCUT2D eigenvalue weighted by Gasteiger charge is 2.09. The molecule has 5 heteroatoms. The lowest BCUT2D eigenvalue weighted by atomic mass is 10.0. The van der Waals surface area contributed by atoms with Gasteiger partial charge in [-0.3, -0.25) is 4.79 Å². The maximum absolute atomic E-state index is 12.1. The Hall–Kier alpha value is -2.69. The highest BCUT2D eigenvalue weighted by atomic mass is 16.5. The van der Waals surface area contributed by atoms with E-state index < -0.39 is 0 Å². The Labute approximate surface area is 168 Å². The van der Waals surface area contributed by atoms with E-state index in [9.17, 15) is 4.79 Å². The average molecular weight is 386 g/mol. The van der Waals surface area contributed by atoms with Crippen LogP contribution in [0, 0.1) is 20.8 Å². The molecule has 0 aliphatic carbocycles. The minimum absolute atomic E-state index is 0.0447. The van der Waals surface area contributed by atoms with Gasteiger partial charge in [-0.1, -0.05) is 18.2 Å². The number of hydrogen-bond donors (Lipinski definition) is 1. The quantitative estimate of drug-likeness (QED) is 0.624. The van der Waals surface area contributed by atoms with E-state index in [0.29, 0.717) is 31.7 Å². The van der Waals surface area contributed by atoms with E-state index in [2.05, 4.69) is 5.32 Å². The van der Waals surface area contributed by atoms with Gasteiger partial charge in [-0.2, -0.15) is 0 Å². The van der Waals surface area contributed by atoms with E-state index in [4.69, 9.17) is 14.2 Å². The van der Waals surface area contributed by atoms with Crippen LogP contribution in [0.2, 0.25) is 0 Å². The van der Waals surface area contributed by atoms with Crippen molar-refractivity contribution in [2.45, 2.75) is 40.0 Å². The Kier molecular flexibility index (Phi) is 8.18. The summed E-state index contributed by atoms with van der Waals surface area (Å²) in [4.78, 5) is 12.1. The van der Waals surface area contributed by atoms with Gasteiger partial charge in [0.05, 0.1) is 20.8 Å². The molecule has 1 amide bonds. The van der Waals surface area contributed by atoms with Crippen LogP contribution in [0.15, 0.2) is 30.3 Å². The standard InChI is InChI=1S/C23H31NO4/c1-16-8-6-9-17(2)23(16)28-13-7-10-22(25)24-12-11-19-15-21(27-5)20(26-4)14-18(19)3/h6,8-9,14-15H,7,10-13H2,1-5H3,(H,24,25). The number of rotatable bonds is 10. The minimum Gasteiger partial charge on any atom is -0.493 e. The van der Waals surface area contributed by atoms with Crippen LogP contribution in [0.3, 0.4) is 0 Å². The number of carbonyl (C=O) groups excluding carboxylic acids is 1. The monoisotopic (exact) mass is 385 g/mol. The maximum atomic E-state index is 12.1. The molecule has 5 nitrogen and oxygen atoms in total. The van der Waals surface area contributed by atoms with Crippen molar-refractivity contribution in [1.82, 2.24) is 5.32 Å².